The van der Waals surface area contributed by atoms with E-state index < -0.39 is 0 Å². The van der Waals surface area contributed by atoms with Gasteiger partial charge in [-0.1, -0.05) is 91.0 Å². The number of thioether (sulfide) groups is 1. The lowest BCUT2D eigenvalue weighted by atomic mass is 10.1. The van der Waals surface area contributed by atoms with E-state index in [1.54, 1.807) is 18.9 Å². The molecule has 1 unspecified atom stereocenters. The van der Waals surface area contributed by atoms with Crippen LogP contribution in [0, 0.1) is 0 Å². The third kappa shape index (κ3) is 6.44. The van der Waals surface area contributed by atoms with Crippen LogP contribution in [0.4, 0.5) is 0 Å². The molecule has 0 aliphatic carbocycles. The summed E-state index contributed by atoms with van der Waals surface area (Å²) in [6, 6.07) is 30.7. The third-order valence-electron chi connectivity index (χ3n) is 5.46. The van der Waals surface area contributed by atoms with E-state index in [4.69, 9.17) is 18.9 Å². The van der Waals surface area contributed by atoms with Crippen LogP contribution in [-0.2, 0) is 38.8 Å². The maximum atomic E-state index is 6.43. The molecule has 0 saturated carbocycles. The first kappa shape index (κ1) is 23.0. The lowest BCUT2D eigenvalue weighted by Gasteiger charge is -2.26. The Labute approximate surface area is 194 Å². The van der Waals surface area contributed by atoms with Gasteiger partial charge in [-0.2, -0.15) is 0 Å². The Hall–Kier alpha value is -2.15. The van der Waals surface area contributed by atoms with Crippen molar-refractivity contribution in [3.05, 3.63) is 108 Å². The van der Waals surface area contributed by atoms with Crippen molar-refractivity contribution in [1.29, 1.82) is 0 Å². The number of benzene rings is 3. The SMILES string of the molecule is COC1S[C@H](COCc2ccccc2)[C@@H](OCc2ccccc2)[C@H]1OCc1ccccc1. The van der Waals surface area contributed by atoms with Gasteiger partial charge in [0.2, 0.25) is 0 Å². The van der Waals surface area contributed by atoms with Crippen LogP contribution >= 0.6 is 11.8 Å². The van der Waals surface area contributed by atoms with Gasteiger partial charge in [-0.3, -0.25) is 0 Å². The summed E-state index contributed by atoms with van der Waals surface area (Å²) in [6.45, 7) is 2.21. The van der Waals surface area contributed by atoms with Crippen molar-refractivity contribution in [2.45, 2.75) is 42.7 Å². The minimum Gasteiger partial charge on any atom is -0.376 e. The van der Waals surface area contributed by atoms with Crippen molar-refractivity contribution in [2.24, 2.45) is 0 Å². The maximum absolute atomic E-state index is 6.43. The summed E-state index contributed by atoms with van der Waals surface area (Å²) in [6.07, 6.45) is -0.316. The molecule has 0 amide bonds. The highest BCUT2D eigenvalue weighted by Crippen LogP contribution is 2.39. The molecule has 1 aliphatic rings. The summed E-state index contributed by atoms with van der Waals surface area (Å²) >= 11 is 1.74. The van der Waals surface area contributed by atoms with Crippen molar-refractivity contribution in [2.75, 3.05) is 13.7 Å². The standard InChI is InChI=1S/C27H30O4S/c1-28-27-26(31-19-23-15-9-4-10-16-23)25(30-18-22-13-7-3-8-14-22)24(32-27)20-29-17-21-11-5-2-6-12-21/h2-16,24-27H,17-20H2,1H3/t24-,25-,26-,27?/m1/s1. The molecule has 3 aromatic rings. The van der Waals surface area contributed by atoms with E-state index in [0.29, 0.717) is 26.4 Å². The second-order valence-electron chi connectivity index (χ2n) is 7.80. The summed E-state index contributed by atoms with van der Waals surface area (Å²) < 4.78 is 24.7. The Kier molecular flexibility index (Phi) is 8.77. The van der Waals surface area contributed by atoms with Crippen LogP contribution in [0.25, 0.3) is 0 Å². The second-order valence-corrected chi connectivity index (χ2v) is 9.14. The molecule has 1 aliphatic heterocycles. The Bertz CT molecular complexity index is 907. The molecule has 4 nitrogen and oxygen atoms in total. The van der Waals surface area contributed by atoms with Crippen molar-refractivity contribution in [1.82, 2.24) is 0 Å². The van der Waals surface area contributed by atoms with E-state index in [-0.39, 0.29) is 22.9 Å². The summed E-state index contributed by atoms with van der Waals surface area (Å²) in [7, 11) is 1.73. The van der Waals surface area contributed by atoms with Crippen LogP contribution in [0.5, 0.6) is 0 Å². The highest BCUT2D eigenvalue weighted by Gasteiger charge is 2.46. The highest BCUT2D eigenvalue weighted by molar-refractivity contribution is 8.00. The molecule has 0 N–H and O–H groups in total. The molecule has 4 rings (SSSR count). The van der Waals surface area contributed by atoms with Crippen LogP contribution in [0.1, 0.15) is 16.7 Å². The van der Waals surface area contributed by atoms with Gasteiger partial charge in [0.1, 0.15) is 17.6 Å². The molecule has 4 atom stereocenters. The minimum atomic E-state index is -0.181. The Balaban J connectivity index is 1.42. The first-order valence-electron chi connectivity index (χ1n) is 10.9. The topological polar surface area (TPSA) is 36.9 Å². The average Bonchev–Trinajstić information content (AvgIpc) is 3.19. The van der Waals surface area contributed by atoms with E-state index >= 15 is 0 Å². The van der Waals surface area contributed by atoms with Gasteiger partial charge < -0.3 is 18.9 Å². The molecular weight excluding hydrogens is 420 g/mol. The summed E-state index contributed by atoms with van der Waals surface area (Å²) in [5.41, 5.74) is 3.34. The quantitative estimate of drug-likeness (QED) is 0.388. The minimum absolute atomic E-state index is 0.107. The van der Waals surface area contributed by atoms with Crippen LogP contribution in [0.15, 0.2) is 91.0 Å². The largest absolute Gasteiger partial charge is 0.376 e. The van der Waals surface area contributed by atoms with Crippen molar-refractivity contribution >= 4 is 11.8 Å². The monoisotopic (exact) mass is 450 g/mol. The zero-order chi connectivity index (χ0) is 22.0. The predicted octanol–water partition coefficient (Wildman–Crippen LogP) is 5.46. The Morgan fingerprint density at radius 3 is 1.59 bits per heavy atom. The van der Waals surface area contributed by atoms with Gasteiger partial charge in [0.05, 0.1) is 31.7 Å². The second kappa shape index (κ2) is 12.2. The molecule has 1 heterocycles. The van der Waals surface area contributed by atoms with Gasteiger partial charge >= 0.3 is 0 Å². The van der Waals surface area contributed by atoms with Crippen LogP contribution < -0.4 is 0 Å². The number of hydrogen-bond donors (Lipinski definition) is 0. The van der Waals surface area contributed by atoms with E-state index in [1.807, 2.05) is 54.6 Å². The van der Waals surface area contributed by atoms with Crippen LogP contribution in [-0.4, -0.2) is 36.6 Å². The Morgan fingerprint density at radius 1 is 0.625 bits per heavy atom. The highest BCUT2D eigenvalue weighted by atomic mass is 32.2. The Morgan fingerprint density at radius 2 is 1.09 bits per heavy atom. The smallest absolute Gasteiger partial charge is 0.132 e. The van der Waals surface area contributed by atoms with Gasteiger partial charge in [0, 0.05) is 7.11 Å². The number of rotatable bonds is 11. The van der Waals surface area contributed by atoms with Gasteiger partial charge in [0.15, 0.2) is 0 Å². The van der Waals surface area contributed by atoms with E-state index in [2.05, 4.69) is 36.4 Å². The molecule has 168 valence electrons. The van der Waals surface area contributed by atoms with Crippen molar-refractivity contribution in [3.63, 3.8) is 0 Å². The predicted molar refractivity (Wildman–Crippen MR) is 128 cm³/mol. The summed E-state index contributed by atoms with van der Waals surface area (Å²) in [5, 5.41) is 0.119. The summed E-state index contributed by atoms with van der Waals surface area (Å²) in [5.74, 6) is 0. The number of hydrogen-bond acceptors (Lipinski definition) is 5. The van der Waals surface area contributed by atoms with Gasteiger partial charge in [-0.05, 0) is 16.7 Å². The van der Waals surface area contributed by atoms with E-state index in [9.17, 15) is 0 Å². The molecular formula is C27H30O4S. The van der Waals surface area contributed by atoms with Gasteiger partial charge in [-0.25, -0.2) is 0 Å². The first-order valence-corrected chi connectivity index (χ1v) is 11.9. The molecule has 0 aromatic heterocycles. The molecule has 1 fully saturated rings. The normalized spacial score (nSPS) is 22.8. The van der Waals surface area contributed by atoms with Gasteiger partial charge in [0.25, 0.3) is 0 Å². The lowest BCUT2D eigenvalue weighted by molar-refractivity contribution is -0.113. The third-order valence-corrected chi connectivity index (χ3v) is 6.95. The van der Waals surface area contributed by atoms with Crippen LogP contribution in [0.2, 0.25) is 0 Å². The fourth-order valence-corrected chi connectivity index (χ4v) is 5.20. The number of ether oxygens (including phenoxy) is 4. The van der Waals surface area contributed by atoms with E-state index in [0.717, 1.165) is 16.7 Å². The molecule has 3 aromatic carbocycles. The molecule has 32 heavy (non-hydrogen) atoms. The maximum Gasteiger partial charge on any atom is 0.132 e. The fraction of sp³-hybridized carbons (Fsp3) is 0.333. The van der Waals surface area contributed by atoms with Crippen LogP contribution in [0.3, 0.4) is 0 Å². The lowest BCUT2D eigenvalue weighted by Crippen LogP contribution is -2.39. The van der Waals surface area contributed by atoms with Crippen molar-refractivity contribution in [3.8, 4) is 0 Å². The van der Waals surface area contributed by atoms with Crippen molar-refractivity contribution < 1.29 is 18.9 Å². The molecule has 1 saturated heterocycles. The van der Waals surface area contributed by atoms with Gasteiger partial charge in [-0.15, -0.1) is 11.8 Å². The molecule has 0 radical (unpaired) electrons. The molecule has 0 bridgehead atoms. The number of methoxy groups -OCH3 is 1. The molecule has 5 heteroatoms. The zero-order valence-electron chi connectivity index (χ0n) is 18.3. The zero-order valence-corrected chi connectivity index (χ0v) is 19.2. The summed E-state index contributed by atoms with van der Waals surface area (Å²) in [4.78, 5) is 0. The molecule has 0 spiro atoms. The first-order chi connectivity index (χ1) is 15.8. The van der Waals surface area contributed by atoms with E-state index in [1.165, 1.54) is 0 Å². The fourth-order valence-electron chi connectivity index (χ4n) is 3.79. The average molecular weight is 451 g/mol.